The summed E-state index contributed by atoms with van der Waals surface area (Å²) in [6.45, 7) is 1.82. The molecule has 0 radical (unpaired) electrons. The van der Waals surface area contributed by atoms with Crippen LogP contribution < -0.4 is 4.72 Å². The predicted octanol–water partition coefficient (Wildman–Crippen LogP) is 4.51. The fourth-order valence-corrected chi connectivity index (χ4v) is 4.31. The van der Waals surface area contributed by atoms with Gasteiger partial charge in [-0.05, 0) is 53.2 Å². The van der Waals surface area contributed by atoms with Crippen molar-refractivity contribution in [3.05, 3.63) is 56.9 Å². The quantitative estimate of drug-likeness (QED) is 0.659. The number of anilines is 1. The van der Waals surface area contributed by atoms with Crippen LogP contribution in [0.25, 0.3) is 5.65 Å². The maximum Gasteiger partial charge on any atom is 0.263 e. The molecule has 1 N–H and O–H groups in total. The van der Waals surface area contributed by atoms with Gasteiger partial charge in [-0.2, -0.15) is 0 Å². The standard InChI is InChI=1S/C14H10BrCl2N3O2S/c1-8-13(15)20-6-2-3-11(14(20)18-8)19-23(21,22)12-7-9(16)4-5-10(12)17/h2-7,19H,1H3. The number of fused-ring (bicyclic) bond motifs is 1. The van der Waals surface area contributed by atoms with Crippen molar-refractivity contribution >= 4 is 60.5 Å². The summed E-state index contributed by atoms with van der Waals surface area (Å²) < 4.78 is 30.2. The molecule has 9 heteroatoms. The van der Waals surface area contributed by atoms with E-state index in [-0.39, 0.29) is 14.9 Å². The van der Waals surface area contributed by atoms with Crippen molar-refractivity contribution in [1.29, 1.82) is 0 Å². The zero-order valence-electron chi connectivity index (χ0n) is 11.7. The van der Waals surface area contributed by atoms with Crippen LogP contribution in [-0.4, -0.2) is 17.8 Å². The number of halogens is 3. The molecule has 1 aromatic carbocycles. The SMILES string of the molecule is Cc1nc2c(NS(=O)(=O)c3cc(Cl)ccc3Cl)cccn2c1Br. The van der Waals surface area contributed by atoms with E-state index in [4.69, 9.17) is 23.2 Å². The zero-order chi connectivity index (χ0) is 16.8. The number of imidazole rings is 1. The van der Waals surface area contributed by atoms with Gasteiger partial charge >= 0.3 is 0 Å². The summed E-state index contributed by atoms with van der Waals surface area (Å²) >= 11 is 15.3. The summed E-state index contributed by atoms with van der Waals surface area (Å²) in [6, 6.07) is 7.62. The molecule has 0 aliphatic rings. The highest BCUT2D eigenvalue weighted by Gasteiger charge is 2.21. The summed E-state index contributed by atoms with van der Waals surface area (Å²) in [6.07, 6.45) is 1.78. The van der Waals surface area contributed by atoms with Crippen LogP contribution in [0.1, 0.15) is 5.69 Å². The molecule has 0 saturated heterocycles. The van der Waals surface area contributed by atoms with Gasteiger partial charge in [0.2, 0.25) is 0 Å². The van der Waals surface area contributed by atoms with E-state index in [1.807, 2.05) is 6.92 Å². The molecule has 0 saturated carbocycles. The van der Waals surface area contributed by atoms with Gasteiger partial charge in [0.05, 0.1) is 16.4 Å². The predicted molar refractivity (Wildman–Crippen MR) is 94.9 cm³/mol. The molecule has 0 amide bonds. The minimum absolute atomic E-state index is 0.0870. The van der Waals surface area contributed by atoms with Crippen molar-refractivity contribution in [1.82, 2.24) is 9.38 Å². The number of aryl methyl sites for hydroxylation is 1. The first kappa shape index (κ1) is 16.6. The number of nitrogens with one attached hydrogen (secondary N) is 1. The first-order valence-corrected chi connectivity index (χ1v) is 9.44. The molecule has 2 aromatic heterocycles. The van der Waals surface area contributed by atoms with Gasteiger partial charge in [-0.1, -0.05) is 23.2 Å². The van der Waals surface area contributed by atoms with Crippen molar-refractivity contribution in [2.24, 2.45) is 0 Å². The minimum atomic E-state index is -3.90. The lowest BCUT2D eigenvalue weighted by atomic mass is 10.4. The number of sulfonamides is 1. The van der Waals surface area contributed by atoms with Gasteiger partial charge in [0, 0.05) is 11.2 Å². The van der Waals surface area contributed by atoms with E-state index in [9.17, 15) is 8.42 Å². The Morgan fingerprint density at radius 3 is 2.74 bits per heavy atom. The number of hydrogen-bond acceptors (Lipinski definition) is 3. The average Bonchev–Trinajstić information content (AvgIpc) is 2.78. The minimum Gasteiger partial charge on any atom is -0.292 e. The molecular weight excluding hydrogens is 425 g/mol. The Kier molecular flexibility index (Phi) is 4.31. The van der Waals surface area contributed by atoms with E-state index in [0.29, 0.717) is 11.3 Å². The van der Waals surface area contributed by atoms with Gasteiger partial charge < -0.3 is 0 Å². The molecule has 0 fully saturated rings. The Bertz CT molecular complexity index is 1020. The Labute approximate surface area is 151 Å². The van der Waals surface area contributed by atoms with Gasteiger partial charge in [0.15, 0.2) is 5.65 Å². The Morgan fingerprint density at radius 1 is 1.26 bits per heavy atom. The molecule has 2 heterocycles. The lowest BCUT2D eigenvalue weighted by Crippen LogP contribution is -2.14. The zero-order valence-corrected chi connectivity index (χ0v) is 15.6. The van der Waals surface area contributed by atoms with Crippen molar-refractivity contribution in [3.8, 4) is 0 Å². The first-order valence-electron chi connectivity index (χ1n) is 6.40. The highest BCUT2D eigenvalue weighted by Crippen LogP contribution is 2.29. The molecule has 3 rings (SSSR count). The third-order valence-electron chi connectivity index (χ3n) is 3.18. The maximum atomic E-state index is 12.6. The van der Waals surface area contributed by atoms with Crippen LogP contribution in [0.3, 0.4) is 0 Å². The molecule has 0 spiro atoms. The average molecular weight is 435 g/mol. The Morgan fingerprint density at radius 2 is 2.00 bits per heavy atom. The maximum absolute atomic E-state index is 12.6. The van der Waals surface area contributed by atoms with E-state index in [1.54, 1.807) is 22.7 Å². The van der Waals surface area contributed by atoms with Gasteiger partial charge in [-0.25, -0.2) is 13.4 Å². The van der Waals surface area contributed by atoms with Crippen molar-refractivity contribution in [2.75, 3.05) is 4.72 Å². The van der Waals surface area contributed by atoms with E-state index < -0.39 is 10.0 Å². The molecule has 5 nitrogen and oxygen atoms in total. The van der Waals surface area contributed by atoms with Gasteiger partial charge in [-0.15, -0.1) is 0 Å². The second-order valence-electron chi connectivity index (χ2n) is 4.78. The molecule has 0 bridgehead atoms. The summed E-state index contributed by atoms with van der Waals surface area (Å²) in [5.41, 5.74) is 1.58. The summed E-state index contributed by atoms with van der Waals surface area (Å²) in [4.78, 5) is 4.27. The van der Waals surface area contributed by atoms with Crippen LogP contribution in [0.2, 0.25) is 10.0 Å². The van der Waals surface area contributed by atoms with E-state index in [0.717, 1.165) is 10.3 Å². The van der Waals surface area contributed by atoms with Crippen molar-refractivity contribution < 1.29 is 8.42 Å². The first-order chi connectivity index (χ1) is 10.8. The number of rotatable bonds is 3. The number of pyridine rings is 1. The number of aromatic nitrogens is 2. The van der Waals surface area contributed by atoms with Gasteiger partial charge in [-0.3, -0.25) is 9.12 Å². The molecule has 3 aromatic rings. The lowest BCUT2D eigenvalue weighted by molar-refractivity contribution is 0.601. The Balaban J connectivity index is 2.11. The summed E-state index contributed by atoms with van der Waals surface area (Å²) in [7, 11) is -3.90. The molecule has 0 aliphatic heterocycles. The third kappa shape index (κ3) is 3.06. The molecular formula is C14H10BrCl2N3O2S. The van der Waals surface area contributed by atoms with E-state index in [2.05, 4.69) is 25.6 Å². The molecule has 120 valence electrons. The van der Waals surface area contributed by atoms with Gasteiger partial charge in [0.25, 0.3) is 10.0 Å². The van der Waals surface area contributed by atoms with E-state index in [1.165, 1.54) is 18.2 Å². The topological polar surface area (TPSA) is 63.5 Å². The fraction of sp³-hybridized carbons (Fsp3) is 0.0714. The lowest BCUT2D eigenvalue weighted by Gasteiger charge is -2.10. The summed E-state index contributed by atoms with van der Waals surface area (Å²) in [5, 5.41) is 0.377. The van der Waals surface area contributed by atoms with Crippen LogP contribution >= 0.6 is 39.1 Å². The molecule has 0 atom stereocenters. The number of hydrogen-bond donors (Lipinski definition) is 1. The van der Waals surface area contributed by atoms with Crippen LogP contribution in [0.4, 0.5) is 5.69 Å². The molecule has 23 heavy (non-hydrogen) atoms. The second-order valence-corrected chi connectivity index (χ2v) is 8.03. The number of nitrogens with zero attached hydrogens (tertiary/aromatic N) is 2. The van der Waals surface area contributed by atoms with Crippen LogP contribution in [0.15, 0.2) is 46.0 Å². The van der Waals surface area contributed by atoms with Crippen LogP contribution in [0.5, 0.6) is 0 Å². The van der Waals surface area contributed by atoms with Crippen molar-refractivity contribution in [3.63, 3.8) is 0 Å². The smallest absolute Gasteiger partial charge is 0.263 e. The molecule has 0 unspecified atom stereocenters. The third-order valence-corrected chi connectivity index (χ3v) is 6.22. The number of benzene rings is 1. The largest absolute Gasteiger partial charge is 0.292 e. The normalized spacial score (nSPS) is 11.8. The van der Waals surface area contributed by atoms with E-state index >= 15 is 0 Å². The van der Waals surface area contributed by atoms with Crippen LogP contribution in [-0.2, 0) is 10.0 Å². The molecule has 0 aliphatic carbocycles. The fourth-order valence-electron chi connectivity index (χ4n) is 2.11. The highest BCUT2D eigenvalue weighted by molar-refractivity contribution is 9.10. The van der Waals surface area contributed by atoms with Gasteiger partial charge in [0.1, 0.15) is 9.50 Å². The Hall–Kier alpha value is -1.28. The highest BCUT2D eigenvalue weighted by atomic mass is 79.9. The second kappa shape index (κ2) is 5.98. The van der Waals surface area contributed by atoms with Crippen molar-refractivity contribution in [2.45, 2.75) is 11.8 Å². The monoisotopic (exact) mass is 433 g/mol. The van der Waals surface area contributed by atoms with Crippen LogP contribution in [0, 0.1) is 6.92 Å². The summed E-state index contributed by atoms with van der Waals surface area (Å²) in [5.74, 6) is 0.